The lowest BCUT2D eigenvalue weighted by atomic mass is 10.4. The lowest BCUT2D eigenvalue weighted by Crippen LogP contribution is -2.36. The minimum Gasteiger partial charge on any atom is -0.462 e. The third-order valence-corrected chi connectivity index (χ3v) is 4.81. The molecule has 0 N–H and O–H groups in total. The summed E-state index contributed by atoms with van der Waals surface area (Å²) in [7, 11) is 2.81. The van der Waals surface area contributed by atoms with Crippen molar-refractivity contribution >= 4 is 15.5 Å². The van der Waals surface area contributed by atoms with Gasteiger partial charge in [0.1, 0.15) is 5.41 Å². The fraction of sp³-hybridized carbons (Fsp3) is 0.727. The first-order chi connectivity index (χ1) is 7.45. The summed E-state index contributed by atoms with van der Waals surface area (Å²) in [5.74, 6) is -0.317. The zero-order chi connectivity index (χ0) is 12.6. The molecule has 16 heavy (non-hydrogen) atoms. The van der Waals surface area contributed by atoms with Crippen molar-refractivity contribution in [2.45, 2.75) is 31.7 Å². The van der Waals surface area contributed by atoms with E-state index in [0.29, 0.717) is 12.2 Å². The van der Waals surface area contributed by atoms with Crippen LogP contribution in [0.25, 0.3) is 0 Å². The van der Waals surface area contributed by atoms with E-state index in [-0.39, 0.29) is 5.97 Å². The van der Waals surface area contributed by atoms with Crippen LogP contribution < -0.4 is 0 Å². The Labute approximate surface area is 99.8 Å². The largest absolute Gasteiger partial charge is 0.462 e. The van der Waals surface area contributed by atoms with Gasteiger partial charge >= 0.3 is 5.97 Å². The van der Waals surface area contributed by atoms with Gasteiger partial charge in [0.15, 0.2) is 0 Å². The Kier molecular flexibility index (Phi) is 7.28. The lowest BCUT2D eigenvalue weighted by molar-refractivity contribution is -0.139. The molecule has 0 bridgehead atoms. The van der Waals surface area contributed by atoms with Crippen molar-refractivity contribution in [1.82, 2.24) is 0 Å². The first kappa shape index (κ1) is 15.3. The van der Waals surface area contributed by atoms with E-state index in [0.717, 1.165) is 12.5 Å². The molecule has 0 saturated heterocycles. The second kappa shape index (κ2) is 7.59. The van der Waals surface area contributed by atoms with E-state index in [1.54, 1.807) is 21.1 Å². The quantitative estimate of drug-likeness (QED) is 0.211. The first-order valence-corrected chi connectivity index (χ1v) is 7.09. The lowest BCUT2D eigenvalue weighted by Gasteiger charge is -2.26. The van der Waals surface area contributed by atoms with E-state index < -0.39 is 14.9 Å². The molecule has 0 aliphatic rings. The molecular weight excluding hydrogens is 224 g/mol. The highest BCUT2D eigenvalue weighted by atomic mass is 28.2. The highest BCUT2D eigenvalue weighted by Crippen LogP contribution is 2.10. The SMILES string of the molecule is C=C(C)C(=O)OCCC[SiH2]C(C)(OC)OC. The molecule has 0 rings (SSSR count). The predicted molar refractivity (Wildman–Crippen MR) is 66.2 cm³/mol. The van der Waals surface area contributed by atoms with E-state index in [4.69, 9.17) is 14.2 Å². The maximum atomic E-state index is 11.1. The molecule has 0 aromatic rings. The smallest absolute Gasteiger partial charge is 0.333 e. The normalized spacial score (nSPS) is 12.0. The van der Waals surface area contributed by atoms with Crippen molar-refractivity contribution in [3.05, 3.63) is 12.2 Å². The van der Waals surface area contributed by atoms with E-state index in [1.807, 2.05) is 6.92 Å². The van der Waals surface area contributed by atoms with Crippen LogP contribution in [0.1, 0.15) is 20.3 Å². The molecule has 0 fully saturated rings. The molecule has 0 atom stereocenters. The molecule has 94 valence electrons. The van der Waals surface area contributed by atoms with E-state index >= 15 is 0 Å². The van der Waals surface area contributed by atoms with Crippen LogP contribution in [0.2, 0.25) is 6.04 Å². The van der Waals surface area contributed by atoms with Crippen LogP contribution >= 0.6 is 0 Å². The number of hydrogen-bond donors (Lipinski definition) is 0. The molecule has 0 aromatic heterocycles. The molecule has 0 heterocycles. The van der Waals surface area contributed by atoms with Crippen molar-refractivity contribution in [2.24, 2.45) is 0 Å². The molecule has 0 amide bonds. The summed E-state index contributed by atoms with van der Waals surface area (Å²) in [6.07, 6.45) is 0.855. The van der Waals surface area contributed by atoms with Gasteiger partial charge in [-0.3, -0.25) is 0 Å². The van der Waals surface area contributed by atoms with Crippen molar-refractivity contribution in [1.29, 1.82) is 0 Å². The number of rotatable bonds is 8. The Morgan fingerprint density at radius 1 is 1.38 bits per heavy atom. The summed E-state index contributed by atoms with van der Waals surface area (Å²) in [6, 6.07) is 1.02. The second-order valence-electron chi connectivity index (χ2n) is 3.92. The van der Waals surface area contributed by atoms with Crippen LogP contribution in [0, 0.1) is 0 Å². The Morgan fingerprint density at radius 3 is 2.38 bits per heavy atom. The number of ether oxygens (including phenoxy) is 3. The van der Waals surface area contributed by atoms with Gasteiger partial charge in [-0.2, -0.15) is 0 Å². The zero-order valence-electron chi connectivity index (χ0n) is 10.7. The standard InChI is InChI=1S/C11H22O4Si/c1-9(2)10(12)15-7-6-8-16-11(3,13-4)14-5/h1,6-8,16H2,2-5H3. The van der Waals surface area contributed by atoms with Crippen LogP contribution in [0.5, 0.6) is 0 Å². The summed E-state index contributed by atoms with van der Waals surface area (Å²) in [6.45, 7) is 7.55. The minimum atomic E-state index is -0.494. The minimum absolute atomic E-state index is 0.317. The highest BCUT2D eigenvalue weighted by molar-refractivity contribution is 6.38. The Hall–Kier alpha value is -0.653. The monoisotopic (exact) mass is 246 g/mol. The van der Waals surface area contributed by atoms with Crippen LogP contribution in [-0.2, 0) is 19.0 Å². The Balaban J connectivity index is 3.61. The summed E-state index contributed by atoms with van der Waals surface area (Å²) in [5, 5.41) is 0. The molecule has 0 radical (unpaired) electrons. The van der Waals surface area contributed by atoms with Crippen LogP contribution in [-0.4, -0.2) is 41.7 Å². The first-order valence-electron chi connectivity index (χ1n) is 5.38. The molecule has 0 saturated carbocycles. The van der Waals surface area contributed by atoms with Crippen LogP contribution in [0.3, 0.4) is 0 Å². The average Bonchev–Trinajstić information content (AvgIpc) is 2.27. The molecule has 4 nitrogen and oxygen atoms in total. The molecular formula is C11H22O4Si. The van der Waals surface area contributed by atoms with E-state index in [2.05, 4.69) is 6.58 Å². The molecule has 5 heteroatoms. The third-order valence-electron chi connectivity index (χ3n) is 2.47. The summed E-state index contributed by atoms with van der Waals surface area (Å²) < 4.78 is 15.5. The van der Waals surface area contributed by atoms with Crippen molar-refractivity contribution in [2.75, 3.05) is 20.8 Å². The van der Waals surface area contributed by atoms with Crippen LogP contribution in [0.15, 0.2) is 12.2 Å². The summed E-state index contributed by atoms with van der Waals surface area (Å²) >= 11 is 0. The molecule has 0 spiro atoms. The Bertz CT molecular complexity index is 236. The average molecular weight is 246 g/mol. The summed E-state index contributed by atoms with van der Waals surface area (Å²) in [5.41, 5.74) is 0.0362. The van der Waals surface area contributed by atoms with Gasteiger partial charge in [0.05, 0.1) is 16.1 Å². The van der Waals surface area contributed by atoms with Gasteiger partial charge in [-0.15, -0.1) is 0 Å². The second-order valence-corrected chi connectivity index (χ2v) is 6.41. The maximum Gasteiger partial charge on any atom is 0.333 e. The fourth-order valence-electron chi connectivity index (χ4n) is 1.12. The van der Waals surface area contributed by atoms with Gasteiger partial charge < -0.3 is 14.2 Å². The van der Waals surface area contributed by atoms with Crippen molar-refractivity contribution in [3.8, 4) is 0 Å². The van der Waals surface area contributed by atoms with E-state index in [9.17, 15) is 4.79 Å². The number of esters is 1. The van der Waals surface area contributed by atoms with Gasteiger partial charge in [-0.05, 0) is 20.3 Å². The third kappa shape index (κ3) is 6.04. The topological polar surface area (TPSA) is 44.8 Å². The highest BCUT2D eigenvalue weighted by Gasteiger charge is 2.21. The molecule has 0 unspecified atom stereocenters. The molecule has 0 aliphatic heterocycles. The van der Waals surface area contributed by atoms with Gasteiger partial charge in [-0.25, -0.2) is 4.79 Å². The van der Waals surface area contributed by atoms with Crippen molar-refractivity contribution in [3.63, 3.8) is 0 Å². The predicted octanol–water partition coefficient (Wildman–Crippen LogP) is 1.05. The maximum absolute atomic E-state index is 11.1. The van der Waals surface area contributed by atoms with Crippen molar-refractivity contribution < 1.29 is 19.0 Å². The van der Waals surface area contributed by atoms with E-state index in [1.165, 1.54) is 0 Å². The Morgan fingerprint density at radius 2 is 1.94 bits per heavy atom. The fourth-order valence-corrected chi connectivity index (χ4v) is 2.63. The number of methoxy groups -OCH3 is 2. The van der Waals surface area contributed by atoms with Crippen LogP contribution in [0.4, 0.5) is 0 Å². The zero-order valence-corrected chi connectivity index (χ0v) is 12.1. The summed E-state index contributed by atoms with van der Waals surface area (Å²) in [4.78, 5) is 11.1. The van der Waals surface area contributed by atoms with Gasteiger partial charge in [-0.1, -0.05) is 12.6 Å². The number of carbonyl (C=O) groups excluding carboxylic acids is 1. The van der Waals surface area contributed by atoms with Gasteiger partial charge in [0.2, 0.25) is 0 Å². The number of hydrogen-bond acceptors (Lipinski definition) is 4. The van der Waals surface area contributed by atoms with Gasteiger partial charge in [0.25, 0.3) is 0 Å². The number of carbonyl (C=O) groups is 1. The van der Waals surface area contributed by atoms with Gasteiger partial charge in [0, 0.05) is 19.8 Å². The molecule has 0 aliphatic carbocycles. The molecule has 0 aromatic carbocycles.